The van der Waals surface area contributed by atoms with Crippen LogP contribution in [0, 0.1) is 5.92 Å². The molecule has 5 nitrogen and oxygen atoms in total. The molecular formula is C24H30ClN3O2. The average Bonchev–Trinajstić information content (AvgIpc) is 3.45. The highest BCUT2D eigenvalue weighted by molar-refractivity contribution is 5.96. The first-order chi connectivity index (χ1) is 14.2. The third kappa shape index (κ3) is 5.41. The molecular weight excluding hydrogens is 398 g/mol. The second-order valence-electron chi connectivity index (χ2n) is 8.09. The topological polar surface area (TPSA) is 61.4 Å². The van der Waals surface area contributed by atoms with Crippen LogP contribution in [0.3, 0.4) is 0 Å². The lowest BCUT2D eigenvalue weighted by Crippen LogP contribution is -2.30. The Bertz CT molecular complexity index is 835. The zero-order valence-electron chi connectivity index (χ0n) is 17.2. The van der Waals surface area contributed by atoms with E-state index in [1.807, 2.05) is 47.4 Å². The number of anilines is 1. The van der Waals surface area contributed by atoms with Gasteiger partial charge in [-0.25, -0.2) is 0 Å². The SMILES string of the molecule is Cl.O=C(CCC1CCNC1)Nc1ccc(C(=O)N2CCCC2c2ccccc2)cc1. The van der Waals surface area contributed by atoms with Crippen molar-refractivity contribution < 1.29 is 9.59 Å². The first kappa shape index (κ1) is 22.3. The molecule has 2 aliphatic heterocycles. The Morgan fingerprint density at radius 1 is 1.03 bits per heavy atom. The normalized spacial score (nSPS) is 20.6. The lowest BCUT2D eigenvalue weighted by atomic mass is 10.0. The first-order valence-corrected chi connectivity index (χ1v) is 10.7. The van der Waals surface area contributed by atoms with E-state index in [4.69, 9.17) is 0 Å². The molecule has 2 saturated heterocycles. The lowest BCUT2D eigenvalue weighted by molar-refractivity contribution is -0.116. The van der Waals surface area contributed by atoms with E-state index in [0.717, 1.165) is 51.0 Å². The minimum Gasteiger partial charge on any atom is -0.332 e. The van der Waals surface area contributed by atoms with Gasteiger partial charge in [0.1, 0.15) is 0 Å². The van der Waals surface area contributed by atoms with Crippen LogP contribution in [-0.2, 0) is 4.79 Å². The van der Waals surface area contributed by atoms with Gasteiger partial charge in [-0.3, -0.25) is 9.59 Å². The smallest absolute Gasteiger partial charge is 0.254 e. The number of hydrogen-bond acceptors (Lipinski definition) is 3. The summed E-state index contributed by atoms with van der Waals surface area (Å²) in [6.45, 7) is 2.86. The highest BCUT2D eigenvalue weighted by Gasteiger charge is 2.30. The molecule has 0 saturated carbocycles. The summed E-state index contributed by atoms with van der Waals surface area (Å²) in [4.78, 5) is 27.2. The molecule has 2 N–H and O–H groups in total. The Hall–Kier alpha value is -2.37. The summed E-state index contributed by atoms with van der Waals surface area (Å²) >= 11 is 0. The summed E-state index contributed by atoms with van der Waals surface area (Å²) in [5, 5.41) is 6.28. The molecule has 0 aliphatic carbocycles. The number of nitrogens with one attached hydrogen (secondary N) is 2. The van der Waals surface area contributed by atoms with Crippen LogP contribution in [0.1, 0.15) is 54.1 Å². The molecule has 0 aromatic heterocycles. The summed E-state index contributed by atoms with van der Waals surface area (Å²) in [5.41, 5.74) is 2.61. The van der Waals surface area contributed by atoms with Gasteiger partial charge in [-0.15, -0.1) is 12.4 Å². The van der Waals surface area contributed by atoms with Crippen LogP contribution in [0.15, 0.2) is 54.6 Å². The molecule has 2 heterocycles. The van der Waals surface area contributed by atoms with Crippen LogP contribution in [0.4, 0.5) is 5.69 Å². The van der Waals surface area contributed by atoms with Crippen molar-refractivity contribution in [1.29, 1.82) is 0 Å². The van der Waals surface area contributed by atoms with E-state index in [2.05, 4.69) is 22.8 Å². The second-order valence-corrected chi connectivity index (χ2v) is 8.09. The monoisotopic (exact) mass is 427 g/mol. The average molecular weight is 428 g/mol. The standard InChI is InChI=1S/C24H29N3O2.ClH/c28-23(13-8-18-14-15-25-17-18)26-21-11-9-20(10-12-21)24(29)27-16-4-7-22(27)19-5-2-1-3-6-19;/h1-3,5-6,9-12,18,22,25H,4,7-8,13-17H2,(H,26,28);1H. The number of hydrogen-bond donors (Lipinski definition) is 2. The fraction of sp³-hybridized carbons (Fsp3) is 0.417. The minimum atomic E-state index is 0. The summed E-state index contributed by atoms with van der Waals surface area (Å²) in [5.74, 6) is 0.710. The number of halogens is 1. The third-order valence-electron chi connectivity index (χ3n) is 6.06. The van der Waals surface area contributed by atoms with Crippen molar-refractivity contribution in [2.45, 2.75) is 38.1 Å². The van der Waals surface area contributed by atoms with Gasteiger partial charge < -0.3 is 15.5 Å². The summed E-state index contributed by atoms with van der Waals surface area (Å²) in [7, 11) is 0. The molecule has 2 atom stereocenters. The fourth-order valence-corrected chi connectivity index (χ4v) is 4.41. The fourth-order valence-electron chi connectivity index (χ4n) is 4.41. The Labute approximate surface area is 184 Å². The number of rotatable bonds is 6. The van der Waals surface area contributed by atoms with Crippen molar-refractivity contribution >= 4 is 29.9 Å². The van der Waals surface area contributed by atoms with E-state index >= 15 is 0 Å². The minimum absolute atomic E-state index is 0. The van der Waals surface area contributed by atoms with Crippen molar-refractivity contribution in [3.05, 3.63) is 65.7 Å². The number of amides is 2. The first-order valence-electron chi connectivity index (χ1n) is 10.7. The number of nitrogens with zero attached hydrogens (tertiary/aromatic N) is 1. The van der Waals surface area contributed by atoms with Crippen LogP contribution in [-0.4, -0.2) is 36.3 Å². The van der Waals surface area contributed by atoms with E-state index in [9.17, 15) is 9.59 Å². The Kier molecular flexibility index (Phi) is 7.88. The van der Waals surface area contributed by atoms with E-state index in [1.165, 1.54) is 5.56 Å². The van der Waals surface area contributed by atoms with Gasteiger partial charge in [0, 0.05) is 24.2 Å². The van der Waals surface area contributed by atoms with Gasteiger partial charge in [-0.1, -0.05) is 30.3 Å². The molecule has 0 bridgehead atoms. The Balaban J connectivity index is 0.00000256. The predicted octanol–water partition coefficient (Wildman–Crippen LogP) is 4.41. The maximum absolute atomic E-state index is 13.0. The maximum Gasteiger partial charge on any atom is 0.254 e. The lowest BCUT2D eigenvalue weighted by Gasteiger charge is -2.25. The molecule has 2 unspecified atom stereocenters. The molecule has 2 fully saturated rings. The molecule has 0 spiro atoms. The van der Waals surface area contributed by atoms with Gasteiger partial charge in [-0.2, -0.15) is 0 Å². The third-order valence-corrected chi connectivity index (χ3v) is 6.06. The van der Waals surface area contributed by atoms with Crippen molar-refractivity contribution in [1.82, 2.24) is 10.2 Å². The highest BCUT2D eigenvalue weighted by Crippen LogP contribution is 2.33. The van der Waals surface area contributed by atoms with E-state index in [1.54, 1.807) is 0 Å². The summed E-state index contributed by atoms with van der Waals surface area (Å²) in [6, 6.07) is 17.7. The summed E-state index contributed by atoms with van der Waals surface area (Å²) in [6.07, 6.45) is 4.64. The van der Waals surface area contributed by atoms with Crippen LogP contribution < -0.4 is 10.6 Å². The van der Waals surface area contributed by atoms with Gasteiger partial charge >= 0.3 is 0 Å². The Morgan fingerprint density at radius 3 is 2.50 bits per heavy atom. The van der Waals surface area contributed by atoms with Crippen molar-refractivity contribution in [2.75, 3.05) is 25.0 Å². The van der Waals surface area contributed by atoms with Gasteiger partial charge in [0.05, 0.1) is 6.04 Å². The maximum atomic E-state index is 13.0. The molecule has 6 heteroatoms. The zero-order chi connectivity index (χ0) is 20.1. The number of carbonyl (C=O) groups excluding carboxylic acids is 2. The van der Waals surface area contributed by atoms with Gasteiger partial charge in [-0.05, 0) is 74.5 Å². The van der Waals surface area contributed by atoms with E-state index in [0.29, 0.717) is 17.9 Å². The molecule has 160 valence electrons. The van der Waals surface area contributed by atoms with Crippen molar-refractivity contribution in [2.24, 2.45) is 5.92 Å². The number of carbonyl (C=O) groups is 2. The highest BCUT2D eigenvalue weighted by atomic mass is 35.5. The van der Waals surface area contributed by atoms with E-state index in [-0.39, 0.29) is 30.3 Å². The molecule has 4 rings (SSSR count). The molecule has 2 aromatic rings. The number of benzene rings is 2. The molecule has 2 aliphatic rings. The largest absolute Gasteiger partial charge is 0.332 e. The van der Waals surface area contributed by atoms with Crippen LogP contribution >= 0.6 is 12.4 Å². The van der Waals surface area contributed by atoms with Crippen LogP contribution in [0.2, 0.25) is 0 Å². The molecule has 2 amide bonds. The van der Waals surface area contributed by atoms with Crippen LogP contribution in [0.5, 0.6) is 0 Å². The predicted molar refractivity (Wildman–Crippen MR) is 122 cm³/mol. The molecule has 30 heavy (non-hydrogen) atoms. The van der Waals surface area contributed by atoms with Crippen molar-refractivity contribution in [3.63, 3.8) is 0 Å². The van der Waals surface area contributed by atoms with E-state index < -0.39 is 0 Å². The van der Waals surface area contributed by atoms with Crippen molar-refractivity contribution in [3.8, 4) is 0 Å². The zero-order valence-corrected chi connectivity index (χ0v) is 18.0. The van der Waals surface area contributed by atoms with Gasteiger partial charge in [0.2, 0.25) is 5.91 Å². The number of likely N-dealkylation sites (tertiary alicyclic amines) is 1. The quantitative estimate of drug-likeness (QED) is 0.717. The van der Waals surface area contributed by atoms with Gasteiger partial charge in [0.25, 0.3) is 5.91 Å². The van der Waals surface area contributed by atoms with Gasteiger partial charge in [0.15, 0.2) is 0 Å². The van der Waals surface area contributed by atoms with Crippen LogP contribution in [0.25, 0.3) is 0 Å². The molecule has 0 radical (unpaired) electrons. The summed E-state index contributed by atoms with van der Waals surface area (Å²) < 4.78 is 0. The Morgan fingerprint density at radius 2 is 1.80 bits per heavy atom. The molecule has 2 aromatic carbocycles. The second kappa shape index (κ2) is 10.6.